The maximum Gasteiger partial charge on any atom is 0.282 e. The van der Waals surface area contributed by atoms with E-state index in [1.807, 2.05) is 26.0 Å². The minimum atomic E-state index is 0.0904. The normalized spacial score (nSPS) is 16.0. The first kappa shape index (κ1) is 11.9. The molecule has 0 unspecified atom stereocenters. The van der Waals surface area contributed by atoms with Crippen LogP contribution in [0.25, 0.3) is 4.85 Å². The van der Waals surface area contributed by atoms with Gasteiger partial charge in [-0.1, -0.05) is 29.6 Å². The summed E-state index contributed by atoms with van der Waals surface area (Å²) in [4.78, 5) is 4.91. The molecule has 1 aromatic rings. The Labute approximate surface area is 108 Å². The van der Waals surface area contributed by atoms with Crippen LogP contribution in [-0.4, -0.2) is 5.11 Å². The van der Waals surface area contributed by atoms with Gasteiger partial charge in [0.15, 0.2) is 0 Å². The first-order chi connectivity index (χ1) is 8.08. The Hall–Kier alpha value is -1.56. The number of rotatable bonds is 0. The number of allylic oxidation sites excluding steroid dienone is 1. The van der Waals surface area contributed by atoms with Crippen LogP contribution in [-0.2, 0) is 0 Å². The molecule has 84 valence electrons. The summed E-state index contributed by atoms with van der Waals surface area (Å²) in [6.07, 6.45) is 0. The van der Waals surface area contributed by atoms with E-state index in [1.165, 1.54) is 23.5 Å². The Kier molecular flexibility index (Phi) is 3.06. The molecule has 0 bridgehead atoms. The standard InChI is InChI=1S/C12H8N2OS2/c1-6-4-7(2)10-11(9(6)15)17-12(16-10)8(5-13)14-3/h4,15H,1-2H3/b12-8-. The third-order valence-corrected chi connectivity index (χ3v) is 5.11. The smallest absolute Gasteiger partial charge is 0.282 e. The van der Waals surface area contributed by atoms with Gasteiger partial charge in [0, 0.05) is 4.90 Å². The zero-order chi connectivity index (χ0) is 12.6. The molecule has 0 amide bonds. The Morgan fingerprint density at radius 2 is 2.00 bits per heavy atom. The summed E-state index contributed by atoms with van der Waals surface area (Å²) in [6.45, 7) is 10.7. The zero-order valence-corrected chi connectivity index (χ0v) is 10.9. The van der Waals surface area contributed by atoms with Crippen LogP contribution in [0.5, 0.6) is 5.75 Å². The van der Waals surface area contributed by atoms with Gasteiger partial charge in [-0.05, 0) is 25.0 Å². The molecule has 0 spiro atoms. The molecule has 5 heteroatoms. The Bertz CT molecular complexity index is 605. The van der Waals surface area contributed by atoms with Gasteiger partial charge in [0.1, 0.15) is 5.75 Å². The van der Waals surface area contributed by atoms with Gasteiger partial charge < -0.3 is 5.11 Å². The molecule has 2 rings (SSSR count). The molecule has 0 fully saturated rings. The number of aryl methyl sites for hydroxylation is 2. The van der Waals surface area contributed by atoms with Crippen LogP contribution in [0.1, 0.15) is 11.1 Å². The van der Waals surface area contributed by atoms with Crippen LogP contribution < -0.4 is 0 Å². The lowest BCUT2D eigenvalue weighted by Gasteiger charge is -2.06. The molecule has 0 atom stereocenters. The van der Waals surface area contributed by atoms with Crippen molar-refractivity contribution in [1.82, 2.24) is 0 Å². The van der Waals surface area contributed by atoms with Gasteiger partial charge in [-0.15, -0.1) is 0 Å². The third kappa shape index (κ3) is 1.88. The van der Waals surface area contributed by atoms with Crippen molar-refractivity contribution in [3.8, 4) is 11.8 Å². The average molecular weight is 260 g/mol. The maximum atomic E-state index is 9.97. The van der Waals surface area contributed by atoms with E-state index >= 15 is 0 Å². The van der Waals surface area contributed by atoms with E-state index in [0.29, 0.717) is 4.24 Å². The fourth-order valence-corrected chi connectivity index (χ4v) is 4.15. The van der Waals surface area contributed by atoms with Crippen LogP contribution in [0.3, 0.4) is 0 Å². The van der Waals surface area contributed by atoms with E-state index in [9.17, 15) is 5.11 Å². The summed E-state index contributed by atoms with van der Waals surface area (Å²) in [7, 11) is 0. The number of benzene rings is 1. The molecule has 0 aliphatic carbocycles. The van der Waals surface area contributed by atoms with Crippen molar-refractivity contribution >= 4 is 23.5 Å². The third-order valence-electron chi connectivity index (χ3n) is 2.39. The van der Waals surface area contributed by atoms with Gasteiger partial charge in [-0.2, -0.15) is 0 Å². The van der Waals surface area contributed by atoms with E-state index < -0.39 is 0 Å². The summed E-state index contributed by atoms with van der Waals surface area (Å²) in [6, 6.07) is 3.80. The Balaban J connectivity index is 2.60. The number of hydrogen-bond donors (Lipinski definition) is 1. The molecule has 1 aliphatic heterocycles. The number of phenols is 1. The molecule has 1 aromatic carbocycles. The van der Waals surface area contributed by atoms with Crippen molar-refractivity contribution in [3.05, 3.63) is 38.5 Å². The monoisotopic (exact) mass is 260 g/mol. The van der Waals surface area contributed by atoms with Crippen molar-refractivity contribution in [3.63, 3.8) is 0 Å². The molecular formula is C12H8N2OS2. The highest BCUT2D eigenvalue weighted by Crippen LogP contribution is 2.57. The second-order valence-corrected chi connectivity index (χ2v) is 5.88. The highest BCUT2D eigenvalue weighted by atomic mass is 32.2. The van der Waals surface area contributed by atoms with E-state index in [1.54, 1.807) is 0 Å². The first-order valence-corrected chi connectivity index (χ1v) is 6.42. The second kappa shape index (κ2) is 4.37. The molecule has 0 radical (unpaired) electrons. The highest BCUT2D eigenvalue weighted by molar-refractivity contribution is 8.24. The topological polar surface area (TPSA) is 48.4 Å². The fraction of sp³-hybridized carbons (Fsp3) is 0.167. The first-order valence-electron chi connectivity index (χ1n) is 4.79. The summed E-state index contributed by atoms with van der Waals surface area (Å²) >= 11 is 2.69. The predicted molar refractivity (Wildman–Crippen MR) is 68.5 cm³/mol. The van der Waals surface area contributed by atoms with Crippen molar-refractivity contribution in [1.29, 1.82) is 5.26 Å². The second-order valence-electron chi connectivity index (χ2n) is 3.58. The number of fused-ring (bicyclic) bond motifs is 1. The van der Waals surface area contributed by atoms with E-state index in [4.69, 9.17) is 11.8 Å². The van der Waals surface area contributed by atoms with Gasteiger partial charge in [0.05, 0.1) is 21.8 Å². The van der Waals surface area contributed by atoms with Gasteiger partial charge in [0.25, 0.3) is 5.70 Å². The van der Waals surface area contributed by atoms with E-state index in [-0.39, 0.29) is 11.4 Å². The number of thioether (sulfide) groups is 2. The van der Waals surface area contributed by atoms with Crippen molar-refractivity contribution in [2.24, 2.45) is 0 Å². The van der Waals surface area contributed by atoms with Crippen molar-refractivity contribution < 1.29 is 5.11 Å². The van der Waals surface area contributed by atoms with Crippen LogP contribution >= 0.6 is 23.5 Å². The molecular weight excluding hydrogens is 252 g/mol. The molecule has 1 heterocycles. The summed E-state index contributed by atoms with van der Waals surface area (Å²) in [5.41, 5.74) is 1.97. The fourth-order valence-electron chi connectivity index (χ4n) is 1.57. The number of nitrogens with zero attached hydrogens (tertiary/aromatic N) is 2. The SMILES string of the molecule is [C-]#[N+]/C(C#N)=C1/Sc2c(C)cc(C)c(O)c2S1. The van der Waals surface area contributed by atoms with Crippen molar-refractivity contribution in [2.75, 3.05) is 0 Å². The lowest BCUT2D eigenvalue weighted by atomic mass is 10.1. The average Bonchev–Trinajstić information content (AvgIpc) is 2.73. The number of hydrogen-bond acceptors (Lipinski definition) is 4. The Morgan fingerprint density at radius 1 is 1.35 bits per heavy atom. The van der Waals surface area contributed by atoms with Gasteiger partial charge in [-0.25, -0.2) is 10.1 Å². The number of phenolic OH excluding ortho intramolecular Hbond substituents is 1. The molecule has 0 aromatic heterocycles. The van der Waals surface area contributed by atoms with E-state index in [2.05, 4.69) is 4.85 Å². The van der Waals surface area contributed by atoms with Gasteiger partial charge in [-0.3, -0.25) is 0 Å². The number of nitriles is 1. The molecule has 0 saturated carbocycles. The van der Waals surface area contributed by atoms with Crippen LogP contribution in [0.4, 0.5) is 0 Å². The van der Waals surface area contributed by atoms with Crippen molar-refractivity contribution in [2.45, 2.75) is 23.6 Å². The van der Waals surface area contributed by atoms with Crippen LogP contribution in [0.15, 0.2) is 25.8 Å². The predicted octanol–water partition coefficient (Wildman–Crippen LogP) is 3.82. The van der Waals surface area contributed by atoms with Crippen LogP contribution in [0.2, 0.25) is 0 Å². The quantitative estimate of drug-likeness (QED) is 0.569. The molecule has 1 N–H and O–H groups in total. The summed E-state index contributed by atoms with van der Waals surface area (Å²) < 4.78 is 0.654. The Morgan fingerprint density at radius 3 is 2.59 bits per heavy atom. The zero-order valence-electron chi connectivity index (χ0n) is 9.24. The number of aromatic hydroxyl groups is 1. The minimum Gasteiger partial charge on any atom is -0.506 e. The van der Waals surface area contributed by atoms with Gasteiger partial charge >= 0.3 is 0 Å². The highest BCUT2D eigenvalue weighted by Gasteiger charge is 2.26. The molecule has 3 nitrogen and oxygen atoms in total. The largest absolute Gasteiger partial charge is 0.506 e. The molecule has 1 aliphatic rings. The summed E-state index contributed by atoms with van der Waals surface area (Å²) in [5, 5.41) is 18.8. The molecule has 0 saturated heterocycles. The van der Waals surface area contributed by atoms with Crippen LogP contribution in [0, 0.1) is 31.8 Å². The summed E-state index contributed by atoms with van der Waals surface area (Å²) in [5.74, 6) is 0.250. The minimum absolute atomic E-state index is 0.0904. The lowest BCUT2D eigenvalue weighted by Crippen LogP contribution is -1.83. The van der Waals surface area contributed by atoms with Gasteiger partial charge in [0.2, 0.25) is 0 Å². The molecule has 17 heavy (non-hydrogen) atoms. The van der Waals surface area contributed by atoms with E-state index in [0.717, 1.165) is 20.9 Å². The lowest BCUT2D eigenvalue weighted by molar-refractivity contribution is 0.454. The maximum absolute atomic E-state index is 9.97.